The molecule has 84 valence electrons. The van der Waals surface area contributed by atoms with Crippen LogP contribution < -0.4 is 0 Å². The van der Waals surface area contributed by atoms with Gasteiger partial charge in [-0.05, 0) is 31.0 Å². The van der Waals surface area contributed by atoms with Gasteiger partial charge >= 0.3 is 0 Å². The van der Waals surface area contributed by atoms with Gasteiger partial charge < -0.3 is 4.90 Å². The zero-order valence-corrected chi connectivity index (χ0v) is 9.95. The fourth-order valence-electron chi connectivity index (χ4n) is 3.36. The Morgan fingerprint density at radius 1 is 0.812 bits per heavy atom. The number of hydrogen-bond acceptors (Lipinski definition) is 1. The van der Waals surface area contributed by atoms with Gasteiger partial charge in [0.2, 0.25) is 0 Å². The second kappa shape index (κ2) is 3.65. The first-order valence-corrected chi connectivity index (χ1v) is 6.26. The Balaban J connectivity index is 1.98. The summed E-state index contributed by atoms with van der Waals surface area (Å²) in [7, 11) is 0. The van der Waals surface area contributed by atoms with Crippen LogP contribution in [-0.2, 0) is 0 Å². The molecule has 0 bridgehead atoms. The molecule has 16 heavy (non-hydrogen) atoms. The van der Waals surface area contributed by atoms with E-state index in [0.29, 0.717) is 23.9 Å². The summed E-state index contributed by atoms with van der Waals surface area (Å²) in [6.45, 7) is 4.73. The number of piperidine rings is 1. The first-order valence-electron chi connectivity index (χ1n) is 6.26. The van der Waals surface area contributed by atoms with E-state index in [9.17, 15) is 0 Å². The number of hydrogen-bond donors (Lipinski definition) is 0. The summed E-state index contributed by atoms with van der Waals surface area (Å²) < 4.78 is 0. The summed E-state index contributed by atoms with van der Waals surface area (Å²) in [5, 5.41) is 0. The Morgan fingerprint density at radius 2 is 1.50 bits per heavy atom. The molecule has 0 aromatic heterocycles. The largest absolute Gasteiger partial charge is 0.367 e. The van der Waals surface area contributed by atoms with Crippen LogP contribution in [0.3, 0.4) is 0 Å². The molecule has 1 fully saturated rings. The van der Waals surface area contributed by atoms with E-state index in [-0.39, 0.29) is 0 Å². The van der Waals surface area contributed by atoms with E-state index >= 15 is 0 Å². The average Bonchev–Trinajstić information content (AvgIpc) is 2.36. The molecule has 0 spiro atoms. The molecule has 0 aromatic carbocycles. The normalized spacial score (nSPS) is 44.4. The molecule has 1 nitrogen and oxygen atoms in total. The van der Waals surface area contributed by atoms with Crippen LogP contribution in [0.15, 0.2) is 48.7 Å². The zero-order valence-electron chi connectivity index (χ0n) is 9.95. The van der Waals surface area contributed by atoms with E-state index < -0.39 is 0 Å². The van der Waals surface area contributed by atoms with E-state index in [0.717, 1.165) is 5.92 Å². The topological polar surface area (TPSA) is 3.24 Å². The van der Waals surface area contributed by atoms with E-state index in [4.69, 9.17) is 0 Å². The van der Waals surface area contributed by atoms with Crippen molar-refractivity contribution in [2.45, 2.75) is 25.9 Å². The molecule has 0 radical (unpaired) electrons. The monoisotopic (exact) mass is 213 g/mol. The van der Waals surface area contributed by atoms with Crippen molar-refractivity contribution in [3.63, 3.8) is 0 Å². The maximum Gasteiger partial charge on any atom is 0.0542 e. The Bertz CT molecular complexity index is 350. The maximum atomic E-state index is 2.52. The van der Waals surface area contributed by atoms with Gasteiger partial charge in [-0.15, -0.1) is 0 Å². The highest BCUT2D eigenvalue weighted by Gasteiger charge is 2.42. The number of rotatable bonds is 0. The minimum Gasteiger partial charge on any atom is -0.367 e. The Hall–Kier alpha value is -1.24. The summed E-state index contributed by atoms with van der Waals surface area (Å²) in [4.78, 5) is 2.52. The Kier molecular flexibility index (Phi) is 2.27. The number of nitrogens with zero attached hydrogens (tertiary/aromatic N) is 1. The van der Waals surface area contributed by atoms with Crippen LogP contribution in [0.2, 0.25) is 0 Å². The molecule has 4 unspecified atom stereocenters. The highest BCUT2D eigenvalue weighted by molar-refractivity contribution is 5.26. The molecule has 3 aliphatic rings. The SMILES string of the molecule is CC1[C@H](C)C2C=CC=CC2C2C=CC=CN21. The van der Waals surface area contributed by atoms with Crippen molar-refractivity contribution in [2.75, 3.05) is 0 Å². The standard InChI is InChI=1S/C15H19N/c1-11-12(2)16-10-6-5-9-15(16)14-8-4-3-7-13(11)14/h3-15H,1-2H3/t11-,12?,13?,14?,15?/m0/s1. The lowest BCUT2D eigenvalue weighted by Crippen LogP contribution is -2.54. The molecule has 2 aliphatic heterocycles. The van der Waals surface area contributed by atoms with Crippen molar-refractivity contribution in [3.05, 3.63) is 48.7 Å². The van der Waals surface area contributed by atoms with Crippen LogP contribution in [0.1, 0.15) is 13.8 Å². The summed E-state index contributed by atoms with van der Waals surface area (Å²) in [6, 6.07) is 1.19. The van der Waals surface area contributed by atoms with Crippen LogP contribution in [0.4, 0.5) is 0 Å². The van der Waals surface area contributed by atoms with Crippen molar-refractivity contribution >= 4 is 0 Å². The average molecular weight is 213 g/mol. The molecule has 1 aliphatic carbocycles. The van der Waals surface area contributed by atoms with Crippen LogP contribution >= 0.6 is 0 Å². The second-order valence-electron chi connectivity index (χ2n) is 5.19. The van der Waals surface area contributed by atoms with Crippen LogP contribution in [0, 0.1) is 17.8 Å². The van der Waals surface area contributed by atoms with E-state index in [1.807, 2.05) is 0 Å². The van der Waals surface area contributed by atoms with Gasteiger partial charge in [-0.1, -0.05) is 43.4 Å². The van der Waals surface area contributed by atoms with E-state index in [1.54, 1.807) is 0 Å². The second-order valence-corrected chi connectivity index (χ2v) is 5.19. The third-order valence-electron chi connectivity index (χ3n) is 4.48. The van der Waals surface area contributed by atoms with Gasteiger partial charge in [-0.25, -0.2) is 0 Å². The van der Waals surface area contributed by atoms with Gasteiger partial charge in [0.1, 0.15) is 0 Å². The quantitative estimate of drug-likeness (QED) is 0.597. The molecule has 1 heteroatoms. The number of allylic oxidation sites excluding steroid dienone is 5. The van der Waals surface area contributed by atoms with Gasteiger partial charge in [0.15, 0.2) is 0 Å². The van der Waals surface area contributed by atoms with Crippen molar-refractivity contribution < 1.29 is 0 Å². The van der Waals surface area contributed by atoms with Crippen molar-refractivity contribution in [2.24, 2.45) is 17.8 Å². The Labute approximate surface area is 97.8 Å². The highest BCUT2D eigenvalue weighted by atomic mass is 15.2. The van der Waals surface area contributed by atoms with Gasteiger partial charge in [-0.2, -0.15) is 0 Å². The van der Waals surface area contributed by atoms with Crippen molar-refractivity contribution in [3.8, 4) is 0 Å². The summed E-state index contributed by atoms with van der Waals surface area (Å²) in [5.74, 6) is 2.08. The molecular formula is C15H19N. The molecule has 0 aromatic rings. The summed E-state index contributed by atoms with van der Waals surface area (Å²) in [5.41, 5.74) is 0. The number of fused-ring (bicyclic) bond motifs is 3. The molecule has 0 amide bonds. The van der Waals surface area contributed by atoms with Gasteiger partial charge in [-0.3, -0.25) is 0 Å². The third kappa shape index (κ3) is 1.31. The molecular weight excluding hydrogens is 194 g/mol. The van der Waals surface area contributed by atoms with Crippen molar-refractivity contribution in [1.29, 1.82) is 0 Å². The van der Waals surface area contributed by atoms with E-state index in [1.165, 1.54) is 0 Å². The van der Waals surface area contributed by atoms with Crippen LogP contribution in [0.25, 0.3) is 0 Å². The van der Waals surface area contributed by atoms with Crippen LogP contribution in [-0.4, -0.2) is 17.0 Å². The van der Waals surface area contributed by atoms with Gasteiger partial charge in [0.05, 0.1) is 6.04 Å². The zero-order chi connectivity index (χ0) is 11.1. The minimum atomic E-state index is 0.558. The van der Waals surface area contributed by atoms with Gasteiger partial charge in [0, 0.05) is 12.0 Å². The lowest BCUT2D eigenvalue weighted by atomic mass is 9.69. The third-order valence-corrected chi connectivity index (χ3v) is 4.48. The fraction of sp³-hybridized carbons (Fsp3) is 0.467. The van der Waals surface area contributed by atoms with Gasteiger partial charge in [0.25, 0.3) is 0 Å². The summed E-state index contributed by atoms with van der Waals surface area (Å²) >= 11 is 0. The fourth-order valence-corrected chi connectivity index (χ4v) is 3.36. The molecule has 0 saturated carbocycles. The predicted octanol–water partition coefficient (Wildman–Crippen LogP) is 3.14. The molecule has 5 atom stereocenters. The summed E-state index contributed by atoms with van der Waals surface area (Å²) in [6.07, 6.45) is 18.1. The minimum absolute atomic E-state index is 0.558. The molecule has 3 rings (SSSR count). The lowest BCUT2D eigenvalue weighted by molar-refractivity contribution is 0.0595. The smallest absolute Gasteiger partial charge is 0.0542 e. The molecule has 0 N–H and O–H groups in total. The Morgan fingerprint density at radius 3 is 2.31 bits per heavy atom. The van der Waals surface area contributed by atoms with Crippen molar-refractivity contribution in [1.82, 2.24) is 4.90 Å². The predicted molar refractivity (Wildman–Crippen MR) is 67.8 cm³/mol. The maximum absolute atomic E-state index is 2.52. The lowest BCUT2D eigenvalue weighted by Gasteiger charge is -2.51. The molecule has 2 heterocycles. The van der Waals surface area contributed by atoms with Crippen LogP contribution in [0.5, 0.6) is 0 Å². The first kappa shape index (κ1) is 9.95. The highest BCUT2D eigenvalue weighted by Crippen LogP contribution is 2.41. The first-order chi connectivity index (χ1) is 7.79. The van der Waals surface area contributed by atoms with E-state index in [2.05, 4.69) is 67.5 Å². The molecule has 1 saturated heterocycles.